The van der Waals surface area contributed by atoms with E-state index in [2.05, 4.69) is 36.4 Å². The third kappa shape index (κ3) is 2.00. The van der Waals surface area contributed by atoms with Crippen LogP contribution in [-0.4, -0.2) is 5.91 Å². The van der Waals surface area contributed by atoms with Crippen molar-refractivity contribution in [2.45, 2.75) is 13.0 Å². The third-order valence-corrected chi connectivity index (χ3v) is 4.12. The van der Waals surface area contributed by atoms with Crippen LogP contribution in [0.5, 0.6) is 0 Å². The molecule has 0 radical (unpaired) electrons. The highest BCUT2D eigenvalue weighted by molar-refractivity contribution is 6.07. The quantitative estimate of drug-likeness (QED) is 0.693. The van der Waals surface area contributed by atoms with Gasteiger partial charge in [-0.1, -0.05) is 60.7 Å². The molecule has 0 saturated heterocycles. The van der Waals surface area contributed by atoms with Crippen molar-refractivity contribution in [1.82, 2.24) is 0 Å². The zero-order valence-electron chi connectivity index (χ0n) is 11.6. The predicted molar refractivity (Wildman–Crippen MR) is 85.3 cm³/mol. The Labute approximate surface area is 123 Å². The van der Waals surface area contributed by atoms with E-state index in [4.69, 9.17) is 0 Å². The average Bonchev–Trinajstić information content (AvgIpc) is 2.85. The highest BCUT2D eigenvalue weighted by atomic mass is 16.2. The topological polar surface area (TPSA) is 20.3 Å². The van der Waals surface area contributed by atoms with Gasteiger partial charge in [0.25, 0.3) is 0 Å². The molecule has 1 aliphatic heterocycles. The highest BCUT2D eigenvalue weighted by Gasteiger charge is 2.28. The van der Waals surface area contributed by atoms with Crippen molar-refractivity contribution in [3.8, 4) is 0 Å². The van der Waals surface area contributed by atoms with Gasteiger partial charge in [-0.3, -0.25) is 4.79 Å². The second-order valence-electron chi connectivity index (χ2n) is 5.43. The molecule has 0 N–H and O–H groups in total. The summed E-state index contributed by atoms with van der Waals surface area (Å²) in [6.07, 6.45) is 0.503. The van der Waals surface area contributed by atoms with E-state index < -0.39 is 0 Å². The van der Waals surface area contributed by atoms with E-state index in [0.29, 0.717) is 13.0 Å². The van der Waals surface area contributed by atoms with Crippen molar-refractivity contribution in [1.29, 1.82) is 0 Å². The lowest BCUT2D eigenvalue weighted by molar-refractivity contribution is -0.117. The number of nitrogens with zero attached hydrogens (tertiary/aromatic N) is 1. The van der Waals surface area contributed by atoms with Gasteiger partial charge in [-0.05, 0) is 28.0 Å². The van der Waals surface area contributed by atoms with Gasteiger partial charge in [-0.15, -0.1) is 0 Å². The van der Waals surface area contributed by atoms with Gasteiger partial charge in [-0.25, -0.2) is 0 Å². The van der Waals surface area contributed by atoms with E-state index in [0.717, 1.165) is 16.8 Å². The van der Waals surface area contributed by atoms with Crippen LogP contribution in [0.2, 0.25) is 0 Å². The van der Waals surface area contributed by atoms with E-state index >= 15 is 0 Å². The molecule has 1 aliphatic rings. The number of benzene rings is 3. The van der Waals surface area contributed by atoms with Crippen molar-refractivity contribution < 1.29 is 4.79 Å². The summed E-state index contributed by atoms with van der Waals surface area (Å²) in [5.41, 5.74) is 3.38. The maximum Gasteiger partial charge on any atom is 0.231 e. The van der Waals surface area contributed by atoms with Crippen molar-refractivity contribution in [2.75, 3.05) is 4.90 Å². The number of carbonyl (C=O) groups excluding carboxylic acids is 1. The van der Waals surface area contributed by atoms with Gasteiger partial charge in [0.1, 0.15) is 0 Å². The summed E-state index contributed by atoms with van der Waals surface area (Å²) < 4.78 is 0. The number of carbonyl (C=O) groups is 1. The summed E-state index contributed by atoms with van der Waals surface area (Å²) in [5.74, 6) is 0.185. The van der Waals surface area contributed by atoms with Crippen LogP contribution in [0.4, 0.5) is 5.69 Å². The Hall–Kier alpha value is -2.61. The van der Waals surface area contributed by atoms with Crippen LogP contribution in [-0.2, 0) is 17.8 Å². The number of fused-ring (bicyclic) bond motifs is 3. The highest BCUT2D eigenvalue weighted by Crippen LogP contribution is 2.35. The zero-order valence-corrected chi connectivity index (χ0v) is 11.6. The molecular formula is C19H15NO. The fourth-order valence-corrected chi connectivity index (χ4v) is 3.08. The Bertz CT molecular complexity index is 823. The van der Waals surface area contributed by atoms with Crippen LogP contribution < -0.4 is 4.90 Å². The molecule has 1 heterocycles. The molecular weight excluding hydrogens is 258 g/mol. The lowest BCUT2D eigenvalue weighted by Crippen LogP contribution is -2.25. The van der Waals surface area contributed by atoms with Crippen LogP contribution in [0.15, 0.2) is 66.7 Å². The number of rotatable bonds is 2. The summed E-state index contributed by atoms with van der Waals surface area (Å²) >= 11 is 0. The van der Waals surface area contributed by atoms with E-state index in [-0.39, 0.29) is 5.91 Å². The third-order valence-electron chi connectivity index (χ3n) is 4.12. The van der Waals surface area contributed by atoms with Gasteiger partial charge in [0, 0.05) is 5.69 Å². The van der Waals surface area contributed by atoms with Gasteiger partial charge in [0.15, 0.2) is 0 Å². The molecule has 0 saturated carbocycles. The molecule has 0 aromatic heterocycles. The molecule has 3 aromatic carbocycles. The Morgan fingerprint density at radius 3 is 2.48 bits per heavy atom. The lowest BCUT2D eigenvalue weighted by atomic mass is 10.0. The summed E-state index contributed by atoms with van der Waals surface area (Å²) in [6.45, 7) is 0.644. The first-order chi connectivity index (χ1) is 10.3. The molecule has 0 atom stereocenters. The first kappa shape index (κ1) is 12.2. The Balaban J connectivity index is 1.79. The molecule has 21 heavy (non-hydrogen) atoms. The Morgan fingerprint density at radius 2 is 1.62 bits per heavy atom. The van der Waals surface area contributed by atoms with Gasteiger partial charge < -0.3 is 4.90 Å². The summed E-state index contributed by atoms with van der Waals surface area (Å²) in [7, 11) is 0. The van der Waals surface area contributed by atoms with Crippen molar-refractivity contribution in [2.24, 2.45) is 0 Å². The minimum absolute atomic E-state index is 0.185. The molecule has 0 unspecified atom stereocenters. The number of amides is 1. The van der Waals surface area contributed by atoms with Crippen molar-refractivity contribution in [3.05, 3.63) is 77.9 Å². The van der Waals surface area contributed by atoms with Crippen LogP contribution in [0.1, 0.15) is 11.1 Å². The predicted octanol–water partition coefficient (Wildman–Crippen LogP) is 3.93. The van der Waals surface area contributed by atoms with Gasteiger partial charge >= 0.3 is 0 Å². The van der Waals surface area contributed by atoms with Gasteiger partial charge in [0.2, 0.25) is 5.91 Å². The van der Waals surface area contributed by atoms with Crippen LogP contribution in [0, 0.1) is 0 Å². The normalized spacial score (nSPS) is 13.7. The molecule has 4 rings (SSSR count). The second kappa shape index (κ2) is 4.74. The SMILES string of the molecule is O=C1Cc2c(ccc3ccccc23)N1Cc1ccccc1. The van der Waals surface area contributed by atoms with Crippen LogP contribution in [0.3, 0.4) is 0 Å². The monoisotopic (exact) mass is 273 g/mol. The molecule has 0 bridgehead atoms. The van der Waals surface area contributed by atoms with E-state index in [1.54, 1.807) is 0 Å². The van der Waals surface area contributed by atoms with Gasteiger partial charge in [0.05, 0.1) is 13.0 Å². The maximum atomic E-state index is 12.4. The number of anilines is 1. The molecule has 1 amide bonds. The molecule has 2 heteroatoms. The zero-order chi connectivity index (χ0) is 14.2. The molecule has 2 nitrogen and oxygen atoms in total. The summed E-state index contributed by atoms with van der Waals surface area (Å²) in [4.78, 5) is 14.3. The van der Waals surface area contributed by atoms with E-state index in [1.807, 2.05) is 35.2 Å². The van der Waals surface area contributed by atoms with E-state index in [1.165, 1.54) is 10.8 Å². The smallest absolute Gasteiger partial charge is 0.231 e. The first-order valence-corrected chi connectivity index (χ1v) is 7.18. The van der Waals surface area contributed by atoms with Crippen molar-refractivity contribution >= 4 is 22.4 Å². The Morgan fingerprint density at radius 1 is 0.857 bits per heavy atom. The van der Waals surface area contributed by atoms with Gasteiger partial charge in [-0.2, -0.15) is 0 Å². The van der Waals surface area contributed by atoms with Crippen LogP contribution in [0.25, 0.3) is 10.8 Å². The average molecular weight is 273 g/mol. The Kier molecular flexibility index (Phi) is 2.74. The summed E-state index contributed by atoms with van der Waals surface area (Å²) in [6, 6.07) is 22.6. The van der Waals surface area contributed by atoms with E-state index in [9.17, 15) is 4.79 Å². The fraction of sp³-hybridized carbons (Fsp3) is 0.105. The molecule has 102 valence electrons. The minimum atomic E-state index is 0.185. The number of hydrogen-bond donors (Lipinski definition) is 0. The van der Waals surface area contributed by atoms with Crippen molar-refractivity contribution in [3.63, 3.8) is 0 Å². The standard InChI is InChI=1S/C19H15NO/c21-19-12-17-16-9-5-4-8-15(16)10-11-18(17)20(19)13-14-6-2-1-3-7-14/h1-11H,12-13H2. The largest absolute Gasteiger partial charge is 0.307 e. The van der Waals surface area contributed by atoms with Crippen LogP contribution >= 0.6 is 0 Å². The fourth-order valence-electron chi connectivity index (χ4n) is 3.08. The lowest BCUT2D eigenvalue weighted by Gasteiger charge is -2.18. The minimum Gasteiger partial charge on any atom is -0.307 e. The summed E-state index contributed by atoms with van der Waals surface area (Å²) in [5, 5.41) is 2.39. The first-order valence-electron chi connectivity index (χ1n) is 7.18. The molecule has 0 fully saturated rings. The molecule has 0 spiro atoms. The molecule has 3 aromatic rings. The number of hydrogen-bond acceptors (Lipinski definition) is 1. The molecule has 0 aliphatic carbocycles. The maximum absolute atomic E-state index is 12.4. The second-order valence-corrected chi connectivity index (χ2v) is 5.43.